The van der Waals surface area contributed by atoms with Crippen molar-refractivity contribution in [1.29, 1.82) is 0 Å². The summed E-state index contributed by atoms with van der Waals surface area (Å²) in [5.74, 6) is -1.27. The molecule has 18 heavy (non-hydrogen) atoms. The second kappa shape index (κ2) is 4.70. The van der Waals surface area contributed by atoms with Crippen LogP contribution < -0.4 is 10.6 Å². The molecule has 1 aliphatic rings. The van der Waals surface area contributed by atoms with Gasteiger partial charge < -0.3 is 15.7 Å². The second-order valence-electron chi connectivity index (χ2n) is 4.33. The van der Waals surface area contributed by atoms with Crippen molar-refractivity contribution >= 4 is 23.2 Å². The average Bonchev–Trinajstić information content (AvgIpc) is 2.31. The number of pyridine rings is 1. The van der Waals surface area contributed by atoms with Crippen molar-refractivity contribution in [2.45, 2.75) is 18.4 Å². The van der Waals surface area contributed by atoms with Gasteiger partial charge >= 0.3 is 0 Å². The summed E-state index contributed by atoms with van der Waals surface area (Å²) in [5, 5.41) is 10.1. The van der Waals surface area contributed by atoms with E-state index in [2.05, 4.69) is 4.98 Å². The van der Waals surface area contributed by atoms with E-state index in [0.29, 0.717) is 13.1 Å². The topological polar surface area (TPSA) is 79.5 Å². The quantitative estimate of drug-likeness (QED) is 0.831. The first-order valence-corrected chi connectivity index (χ1v) is 5.88. The third-order valence-electron chi connectivity index (χ3n) is 3.19. The molecule has 0 atom stereocenters. The number of aliphatic hydroxyl groups is 1. The lowest BCUT2D eigenvalue weighted by atomic mass is 9.90. The van der Waals surface area contributed by atoms with E-state index in [-0.39, 0.29) is 23.6 Å². The summed E-state index contributed by atoms with van der Waals surface area (Å²) >= 11 is 5.90. The lowest BCUT2D eigenvalue weighted by Crippen LogP contribution is -2.52. The number of carbonyl (C=O) groups excluding carboxylic acids is 1. The van der Waals surface area contributed by atoms with Crippen molar-refractivity contribution in [2.24, 2.45) is 5.73 Å². The molecule has 1 aromatic heterocycles. The zero-order valence-electron chi connectivity index (χ0n) is 9.57. The van der Waals surface area contributed by atoms with Crippen molar-refractivity contribution in [1.82, 2.24) is 4.98 Å². The molecule has 1 amide bonds. The number of aromatic nitrogens is 1. The number of amides is 1. The molecule has 0 radical (unpaired) electrons. The Morgan fingerprint density at radius 2 is 2.11 bits per heavy atom. The molecule has 2 heterocycles. The Hall–Kier alpha value is -1.40. The number of rotatable bonds is 2. The predicted molar refractivity (Wildman–Crippen MR) is 64.8 cm³/mol. The molecule has 3 N–H and O–H groups in total. The van der Waals surface area contributed by atoms with Gasteiger partial charge in [0.15, 0.2) is 5.82 Å². The molecule has 5 nitrogen and oxygen atoms in total. The fourth-order valence-electron chi connectivity index (χ4n) is 2.05. The van der Waals surface area contributed by atoms with E-state index in [0.717, 1.165) is 6.20 Å². The zero-order chi connectivity index (χ0) is 13.3. The molecule has 0 spiro atoms. The van der Waals surface area contributed by atoms with Gasteiger partial charge in [-0.3, -0.25) is 9.78 Å². The molecule has 98 valence electrons. The van der Waals surface area contributed by atoms with E-state index in [1.54, 1.807) is 4.90 Å². The van der Waals surface area contributed by atoms with Crippen molar-refractivity contribution in [3.05, 3.63) is 23.2 Å². The first kappa shape index (κ1) is 13.0. The van der Waals surface area contributed by atoms with Crippen LogP contribution in [0.3, 0.4) is 0 Å². The maximum absolute atomic E-state index is 13.6. The van der Waals surface area contributed by atoms with E-state index in [4.69, 9.17) is 17.3 Å². The number of hydrogen-bond acceptors (Lipinski definition) is 4. The van der Waals surface area contributed by atoms with Crippen LogP contribution in [0.25, 0.3) is 0 Å². The second-order valence-corrected chi connectivity index (χ2v) is 4.74. The van der Waals surface area contributed by atoms with E-state index in [1.165, 1.54) is 6.20 Å². The van der Waals surface area contributed by atoms with Gasteiger partial charge in [-0.2, -0.15) is 0 Å². The monoisotopic (exact) mass is 273 g/mol. The van der Waals surface area contributed by atoms with Crippen LogP contribution >= 0.6 is 11.6 Å². The number of piperidine rings is 1. The molecule has 2 rings (SSSR count). The molecule has 0 unspecified atom stereocenters. The number of anilines is 1. The molecule has 1 saturated heterocycles. The summed E-state index contributed by atoms with van der Waals surface area (Å²) in [6.45, 7) is 0.611. The van der Waals surface area contributed by atoms with Crippen molar-refractivity contribution in [3.8, 4) is 0 Å². The van der Waals surface area contributed by atoms with Gasteiger partial charge in [-0.15, -0.1) is 0 Å². The number of carbonyl (C=O) groups is 1. The Morgan fingerprint density at radius 1 is 1.50 bits per heavy atom. The summed E-state index contributed by atoms with van der Waals surface area (Å²) in [5.41, 5.74) is 3.87. The summed E-state index contributed by atoms with van der Waals surface area (Å²) in [7, 11) is 0. The molecule has 1 fully saturated rings. The molecule has 1 aromatic rings. The van der Waals surface area contributed by atoms with E-state index in [9.17, 15) is 14.3 Å². The van der Waals surface area contributed by atoms with Gasteiger partial charge in [-0.05, 0) is 0 Å². The summed E-state index contributed by atoms with van der Waals surface area (Å²) in [6, 6.07) is 0. The van der Waals surface area contributed by atoms with Gasteiger partial charge in [0.1, 0.15) is 5.60 Å². The van der Waals surface area contributed by atoms with Gasteiger partial charge in [-0.25, -0.2) is 4.39 Å². The maximum Gasteiger partial charge on any atom is 0.249 e. The van der Waals surface area contributed by atoms with Crippen LogP contribution in [0.2, 0.25) is 5.02 Å². The highest BCUT2D eigenvalue weighted by molar-refractivity contribution is 6.33. The predicted octanol–water partition coefficient (Wildman–Crippen LogP) is 0.691. The van der Waals surface area contributed by atoms with Gasteiger partial charge in [0.05, 0.1) is 16.9 Å². The minimum Gasteiger partial charge on any atom is -0.380 e. The van der Waals surface area contributed by atoms with Crippen LogP contribution in [0.4, 0.5) is 10.1 Å². The maximum atomic E-state index is 13.6. The number of halogens is 2. The third-order valence-corrected chi connectivity index (χ3v) is 3.47. The Morgan fingerprint density at radius 3 is 2.61 bits per heavy atom. The minimum atomic E-state index is -1.51. The molecular weight excluding hydrogens is 261 g/mol. The van der Waals surface area contributed by atoms with Crippen LogP contribution in [0, 0.1) is 5.82 Å². The van der Waals surface area contributed by atoms with Gasteiger partial charge in [0.25, 0.3) is 0 Å². The highest BCUT2D eigenvalue weighted by Crippen LogP contribution is 2.32. The van der Waals surface area contributed by atoms with Crippen LogP contribution in [0.15, 0.2) is 12.4 Å². The summed E-state index contributed by atoms with van der Waals surface area (Å²) in [6.07, 6.45) is 2.74. The number of hydrogen-bond donors (Lipinski definition) is 2. The van der Waals surface area contributed by atoms with Crippen LogP contribution in [0.5, 0.6) is 0 Å². The highest BCUT2D eigenvalue weighted by atomic mass is 35.5. The first-order chi connectivity index (χ1) is 8.44. The highest BCUT2D eigenvalue weighted by Gasteiger charge is 2.38. The van der Waals surface area contributed by atoms with E-state index < -0.39 is 17.3 Å². The lowest BCUT2D eigenvalue weighted by molar-refractivity contribution is -0.138. The molecule has 1 aliphatic heterocycles. The fourth-order valence-corrected chi connectivity index (χ4v) is 2.32. The van der Waals surface area contributed by atoms with Crippen molar-refractivity contribution < 1.29 is 14.3 Å². The van der Waals surface area contributed by atoms with Crippen LogP contribution in [-0.4, -0.2) is 34.7 Å². The fraction of sp³-hybridized carbons (Fsp3) is 0.455. The van der Waals surface area contributed by atoms with E-state index in [1.807, 2.05) is 0 Å². The molecular formula is C11H13ClFN3O2. The Labute approximate surface area is 108 Å². The standard InChI is InChI=1S/C11H13ClFN3O2/c12-7-5-15-6-8(13)9(7)16-3-1-11(18,2-4-16)10(14)17/h5-6,18H,1-4H2,(H2,14,17). The molecule has 0 saturated carbocycles. The van der Waals surface area contributed by atoms with Gasteiger partial charge in [0, 0.05) is 32.1 Å². The Balaban J connectivity index is 2.18. The Bertz CT molecular complexity index is 455. The third kappa shape index (κ3) is 2.26. The molecule has 7 heteroatoms. The minimum absolute atomic E-state index is 0.153. The Kier molecular flexibility index (Phi) is 3.41. The lowest BCUT2D eigenvalue weighted by Gasteiger charge is -2.37. The van der Waals surface area contributed by atoms with Gasteiger partial charge in [-0.1, -0.05) is 11.6 Å². The number of primary amides is 1. The normalized spacial score (nSPS) is 18.7. The first-order valence-electron chi connectivity index (χ1n) is 5.50. The SMILES string of the molecule is NC(=O)C1(O)CCN(c2c(F)cncc2Cl)CC1. The number of nitrogens with zero attached hydrogens (tertiary/aromatic N) is 2. The smallest absolute Gasteiger partial charge is 0.249 e. The molecule has 0 aliphatic carbocycles. The summed E-state index contributed by atoms with van der Waals surface area (Å²) in [4.78, 5) is 16.4. The average molecular weight is 274 g/mol. The van der Waals surface area contributed by atoms with Crippen LogP contribution in [-0.2, 0) is 4.79 Å². The largest absolute Gasteiger partial charge is 0.380 e. The van der Waals surface area contributed by atoms with E-state index >= 15 is 0 Å². The zero-order valence-corrected chi connectivity index (χ0v) is 10.3. The van der Waals surface area contributed by atoms with Crippen LogP contribution in [0.1, 0.15) is 12.8 Å². The van der Waals surface area contributed by atoms with Gasteiger partial charge in [0.2, 0.25) is 5.91 Å². The molecule has 0 aromatic carbocycles. The van der Waals surface area contributed by atoms with Crippen molar-refractivity contribution in [2.75, 3.05) is 18.0 Å². The molecule has 0 bridgehead atoms. The van der Waals surface area contributed by atoms with Crippen molar-refractivity contribution in [3.63, 3.8) is 0 Å². The summed E-state index contributed by atoms with van der Waals surface area (Å²) < 4.78 is 13.6. The number of nitrogens with two attached hydrogens (primary N) is 1.